The number of esters is 2. The van der Waals surface area contributed by atoms with Crippen LogP contribution in [0.4, 0.5) is 0 Å². The number of carbonyl (C=O) groups excluding carboxylic acids is 2. The van der Waals surface area contributed by atoms with Crippen LogP contribution in [-0.4, -0.2) is 277 Å². The molecule has 0 bridgehead atoms. The second kappa shape index (κ2) is 28.6. The molecule has 0 aromatic rings. The van der Waals surface area contributed by atoms with E-state index in [-0.39, 0.29) is 43.9 Å². The van der Waals surface area contributed by atoms with Gasteiger partial charge in [0.1, 0.15) is 92.6 Å². The molecule has 4 saturated carbocycles. The number of rotatable bonds is 18. The molecule has 0 aromatic heterocycles. The van der Waals surface area contributed by atoms with E-state index in [0.29, 0.717) is 44.9 Å². The highest BCUT2D eigenvalue weighted by molar-refractivity contribution is 5.82. The molecule has 4 aliphatic heterocycles. The molecule has 80 heavy (non-hydrogen) atoms. The van der Waals surface area contributed by atoms with Crippen LogP contribution in [0.5, 0.6) is 0 Å². The summed E-state index contributed by atoms with van der Waals surface area (Å²) in [6.45, 7) is -2.08. The Morgan fingerprint density at radius 3 is 1.59 bits per heavy atom. The molecule has 4 aliphatic carbocycles. The number of allylic oxidation sites excluding steroid dienone is 2. The summed E-state index contributed by atoms with van der Waals surface area (Å²) < 4.78 is 65.6. The minimum Gasteiger partial charge on any atom is -0.460 e. The smallest absolute Gasteiger partial charge is 0.330 e. The molecule has 8 fully saturated rings. The van der Waals surface area contributed by atoms with Crippen LogP contribution in [0.2, 0.25) is 0 Å². The van der Waals surface area contributed by atoms with E-state index in [1.54, 1.807) is 12.2 Å². The summed E-state index contributed by atoms with van der Waals surface area (Å²) in [6, 6.07) is 0. The highest BCUT2D eigenvalue weighted by atomic mass is 16.8. The predicted molar refractivity (Wildman–Crippen MR) is 266 cm³/mol. The Bertz CT molecular complexity index is 2000. The fraction of sp³-hybridized carbons (Fsp3) is 0.887. The SMILES string of the molecule is COC1CC(C=CC(=O)OCC2OC(OC3C(OC4CC5C(OC6OC(CO)C(O)C(O)C6O)CC(O)CC5OC4C4CCC(O)C(O)C4)OC(COC(=O)C=CC4CCC(O)CC4)C(O)C3O)C(O)C(O)C2O)CC(OC)C1O. The molecule has 8 rings (SSSR count). The normalized spacial score (nSPS) is 48.6. The van der Waals surface area contributed by atoms with Gasteiger partial charge in [0.15, 0.2) is 18.9 Å². The van der Waals surface area contributed by atoms with Gasteiger partial charge in [-0.2, -0.15) is 0 Å². The quantitative estimate of drug-likeness (QED) is 0.0452. The Morgan fingerprint density at radius 2 is 1.00 bits per heavy atom. The molecule has 0 amide bonds. The summed E-state index contributed by atoms with van der Waals surface area (Å²) in [5, 5.41) is 152. The first kappa shape index (κ1) is 63.5. The molecule has 4 saturated heterocycles. The molecule has 0 aromatic carbocycles. The number of methoxy groups -OCH3 is 2. The van der Waals surface area contributed by atoms with Crippen LogP contribution in [0.15, 0.2) is 24.3 Å². The largest absolute Gasteiger partial charge is 0.460 e. The number of ether oxygens (including phenoxy) is 11. The predicted octanol–water partition coefficient (Wildman–Crippen LogP) is -4.80. The number of aliphatic hydroxyl groups is 14. The summed E-state index contributed by atoms with van der Waals surface area (Å²) in [7, 11) is 2.89. The summed E-state index contributed by atoms with van der Waals surface area (Å²) in [5.41, 5.74) is 0. The Balaban J connectivity index is 1.03. The van der Waals surface area contributed by atoms with Crippen molar-refractivity contribution in [3.8, 4) is 0 Å². The number of hydrogen-bond acceptors (Lipinski definition) is 27. The van der Waals surface area contributed by atoms with E-state index < -0.39 is 203 Å². The minimum absolute atomic E-state index is 0.00566. The molecule has 0 spiro atoms. The summed E-state index contributed by atoms with van der Waals surface area (Å²) in [4.78, 5) is 26.1. The van der Waals surface area contributed by atoms with E-state index in [2.05, 4.69) is 0 Å². The van der Waals surface area contributed by atoms with Crippen molar-refractivity contribution in [1.29, 1.82) is 0 Å². The maximum absolute atomic E-state index is 13.1. The van der Waals surface area contributed by atoms with Gasteiger partial charge in [-0.3, -0.25) is 0 Å². The van der Waals surface area contributed by atoms with Gasteiger partial charge in [-0.25, -0.2) is 9.59 Å². The van der Waals surface area contributed by atoms with Crippen molar-refractivity contribution in [1.82, 2.24) is 0 Å². The van der Waals surface area contributed by atoms with E-state index in [9.17, 15) is 81.1 Å². The fourth-order valence-corrected chi connectivity index (χ4v) is 12.7. The number of carbonyl (C=O) groups is 2. The first-order valence-corrected chi connectivity index (χ1v) is 28.0. The lowest BCUT2D eigenvalue weighted by atomic mass is 9.72. The van der Waals surface area contributed by atoms with Crippen LogP contribution >= 0.6 is 0 Å². The van der Waals surface area contributed by atoms with Gasteiger partial charge in [0.2, 0.25) is 0 Å². The third kappa shape index (κ3) is 15.1. The molecule has 26 unspecified atom stereocenters. The first-order chi connectivity index (χ1) is 38.2. The molecule has 8 aliphatic rings. The van der Waals surface area contributed by atoms with Crippen LogP contribution in [0, 0.1) is 23.7 Å². The van der Waals surface area contributed by atoms with Gasteiger partial charge in [0.05, 0.1) is 67.6 Å². The summed E-state index contributed by atoms with van der Waals surface area (Å²) in [6.07, 6.45) is -27.2. The van der Waals surface area contributed by atoms with Crippen molar-refractivity contribution >= 4 is 11.9 Å². The Hall–Kier alpha value is -2.50. The Labute approximate surface area is 462 Å². The standard InChI is InChI=1S/C53H84O27/c1-70-32-13-23(14-33(71-2)40(32)61)6-12-39(60)72-20-36-42(63)45(66)48(69)52(78-36)80-50-46(67)43(64)37(21-73-38(59)11-5-22-3-8-25(55)9-4-22)79-53(50)76-34-18-27-30(74-49(34)24-7-10-28(57)29(58)15-24)16-26(56)17-31(27)75-51-47(68)44(65)41(62)35(19-54)77-51/h5-6,11-12,22-37,40-58,61-69H,3-4,7-10,13-21H2,1-2H3. The van der Waals surface area contributed by atoms with Gasteiger partial charge >= 0.3 is 11.9 Å². The number of aliphatic hydroxyl groups excluding tert-OH is 14. The Morgan fingerprint density at radius 1 is 0.463 bits per heavy atom. The fourth-order valence-electron chi connectivity index (χ4n) is 12.7. The van der Waals surface area contributed by atoms with Crippen molar-refractivity contribution in [2.24, 2.45) is 23.7 Å². The lowest BCUT2D eigenvalue weighted by Crippen LogP contribution is -2.66. The molecular weight excluding hydrogens is 1070 g/mol. The third-order valence-corrected chi connectivity index (χ3v) is 17.5. The zero-order valence-corrected chi connectivity index (χ0v) is 44.8. The summed E-state index contributed by atoms with van der Waals surface area (Å²) >= 11 is 0. The maximum Gasteiger partial charge on any atom is 0.330 e. The van der Waals surface area contributed by atoms with Crippen LogP contribution in [0.25, 0.3) is 0 Å². The zero-order chi connectivity index (χ0) is 57.7. The molecule has 14 N–H and O–H groups in total. The highest BCUT2D eigenvalue weighted by Gasteiger charge is 2.56. The zero-order valence-electron chi connectivity index (χ0n) is 44.8. The molecule has 26 atom stereocenters. The molecule has 4 heterocycles. The minimum atomic E-state index is -2.06. The van der Waals surface area contributed by atoms with Crippen LogP contribution in [0.1, 0.15) is 77.0 Å². The second-order valence-corrected chi connectivity index (χ2v) is 22.9. The maximum atomic E-state index is 13.1. The third-order valence-electron chi connectivity index (χ3n) is 17.5. The van der Waals surface area contributed by atoms with E-state index in [0.717, 1.165) is 6.08 Å². The van der Waals surface area contributed by atoms with Crippen LogP contribution in [-0.2, 0) is 61.7 Å². The van der Waals surface area contributed by atoms with E-state index in [4.69, 9.17) is 52.1 Å². The molecule has 27 heteroatoms. The monoisotopic (exact) mass is 1150 g/mol. The molecule has 0 radical (unpaired) electrons. The lowest BCUT2D eigenvalue weighted by molar-refractivity contribution is -0.380. The van der Waals surface area contributed by atoms with Crippen LogP contribution in [0.3, 0.4) is 0 Å². The van der Waals surface area contributed by atoms with Gasteiger partial charge < -0.3 is 124 Å². The van der Waals surface area contributed by atoms with Gasteiger partial charge in [0, 0.05) is 38.7 Å². The molecular formula is C53H84O27. The second-order valence-electron chi connectivity index (χ2n) is 22.9. The van der Waals surface area contributed by atoms with Crippen molar-refractivity contribution in [2.75, 3.05) is 34.0 Å². The topological polar surface area (TPSA) is 419 Å². The average molecular weight is 1150 g/mol. The first-order valence-electron chi connectivity index (χ1n) is 28.0. The van der Waals surface area contributed by atoms with Gasteiger partial charge in [-0.05, 0) is 88.4 Å². The van der Waals surface area contributed by atoms with E-state index in [1.165, 1.54) is 20.3 Å². The number of hydrogen-bond donors (Lipinski definition) is 14. The van der Waals surface area contributed by atoms with Crippen molar-refractivity contribution < 1.29 is 133 Å². The van der Waals surface area contributed by atoms with Crippen molar-refractivity contribution in [3.63, 3.8) is 0 Å². The van der Waals surface area contributed by atoms with E-state index >= 15 is 0 Å². The summed E-state index contributed by atoms with van der Waals surface area (Å²) in [5.74, 6) is -3.19. The number of fused-ring (bicyclic) bond motifs is 1. The van der Waals surface area contributed by atoms with E-state index in [1.807, 2.05) is 0 Å². The van der Waals surface area contributed by atoms with Gasteiger partial charge in [0.25, 0.3) is 0 Å². The van der Waals surface area contributed by atoms with Crippen LogP contribution < -0.4 is 0 Å². The lowest BCUT2D eigenvalue weighted by Gasteiger charge is -2.53. The van der Waals surface area contributed by atoms with Crippen molar-refractivity contribution in [2.45, 2.75) is 236 Å². The Kier molecular flexibility index (Phi) is 22.7. The highest BCUT2D eigenvalue weighted by Crippen LogP contribution is 2.46. The molecule has 458 valence electrons. The average Bonchev–Trinajstić information content (AvgIpc) is 3.57. The molecule has 27 nitrogen and oxygen atoms in total. The van der Waals surface area contributed by atoms with Crippen molar-refractivity contribution in [3.05, 3.63) is 24.3 Å². The van der Waals surface area contributed by atoms with Gasteiger partial charge in [-0.1, -0.05) is 12.2 Å². The van der Waals surface area contributed by atoms with Gasteiger partial charge in [-0.15, -0.1) is 0 Å².